The molecule has 0 saturated carbocycles. The molecule has 0 aliphatic rings. The minimum Gasteiger partial charge on any atom is -0.211 e. The Morgan fingerprint density at radius 3 is 2.71 bits per heavy atom. The van der Waals surface area contributed by atoms with Gasteiger partial charge in [-0.2, -0.15) is 13.9 Å². The Morgan fingerprint density at radius 1 is 1.50 bits per heavy atom. The Kier molecular flexibility index (Phi) is 4.04. The second-order valence-electron chi connectivity index (χ2n) is 3.57. The summed E-state index contributed by atoms with van der Waals surface area (Å²) in [5, 5.41) is 3.61. The number of rotatable bonds is 5. The average Bonchev–Trinajstić information content (AvgIpc) is 2.62. The molecule has 0 spiro atoms. The van der Waals surface area contributed by atoms with Crippen LogP contribution < -0.4 is 0 Å². The van der Waals surface area contributed by atoms with Crippen molar-refractivity contribution in [2.75, 3.05) is 0 Å². The lowest BCUT2D eigenvalue weighted by Crippen LogP contribution is -1.97. The third kappa shape index (κ3) is 2.79. The van der Waals surface area contributed by atoms with Crippen LogP contribution >= 0.6 is 0 Å². The van der Waals surface area contributed by atoms with Crippen LogP contribution in [-0.4, -0.2) is 9.78 Å². The highest BCUT2D eigenvalue weighted by Crippen LogP contribution is 2.22. The minimum absolute atomic E-state index is 0.322. The third-order valence-electron chi connectivity index (χ3n) is 2.38. The second-order valence-corrected chi connectivity index (χ2v) is 3.57. The van der Waals surface area contributed by atoms with Crippen molar-refractivity contribution in [2.24, 2.45) is 0 Å². The van der Waals surface area contributed by atoms with E-state index in [1.807, 2.05) is 6.92 Å². The molecule has 1 heterocycles. The Labute approximate surface area is 82.9 Å². The predicted molar refractivity (Wildman–Crippen MR) is 51.4 cm³/mol. The Balaban J connectivity index is 2.57. The summed E-state index contributed by atoms with van der Waals surface area (Å²) in [5.74, 6) is 0.322. The Hall–Kier alpha value is -0.930. The van der Waals surface area contributed by atoms with E-state index in [0.717, 1.165) is 24.8 Å². The number of hydrogen-bond donors (Lipinski definition) is 0. The fraction of sp³-hybridized carbons (Fsp3) is 0.700. The van der Waals surface area contributed by atoms with Crippen molar-refractivity contribution in [3.8, 4) is 0 Å². The lowest BCUT2D eigenvalue weighted by Gasteiger charge is -2.06. The zero-order valence-electron chi connectivity index (χ0n) is 8.58. The maximum Gasteiger partial charge on any atom is 0.333 e. The van der Waals surface area contributed by atoms with Crippen molar-refractivity contribution in [3.05, 3.63) is 18.0 Å². The second kappa shape index (κ2) is 5.08. The average molecular weight is 202 g/mol. The van der Waals surface area contributed by atoms with Gasteiger partial charge in [0.15, 0.2) is 0 Å². The standard InChI is InChI=1S/C10H16F2N2/c1-3-4-5-8(2)9-6-13-14(7-9)10(11)12/h6-8,10H,3-5H2,1-2H3. The highest BCUT2D eigenvalue weighted by molar-refractivity contribution is 5.09. The van der Waals surface area contributed by atoms with E-state index in [9.17, 15) is 8.78 Å². The molecule has 14 heavy (non-hydrogen) atoms. The van der Waals surface area contributed by atoms with Crippen LogP contribution in [0.1, 0.15) is 51.1 Å². The normalized spacial score (nSPS) is 13.5. The van der Waals surface area contributed by atoms with E-state index in [0.29, 0.717) is 10.6 Å². The largest absolute Gasteiger partial charge is 0.333 e. The molecule has 0 saturated heterocycles. The molecule has 1 unspecified atom stereocenters. The maximum absolute atomic E-state index is 12.2. The zero-order valence-corrected chi connectivity index (χ0v) is 8.58. The van der Waals surface area contributed by atoms with Gasteiger partial charge in [0, 0.05) is 6.20 Å². The Morgan fingerprint density at radius 2 is 2.21 bits per heavy atom. The molecule has 0 bridgehead atoms. The van der Waals surface area contributed by atoms with Crippen molar-refractivity contribution >= 4 is 0 Å². The highest BCUT2D eigenvalue weighted by Gasteiger charge is 2.11. The van der Waals surface area contributed by atoms with Crippen molar-refractivity contribution in [1.29, 1.82) is 0 Å². The number of unbranched alkanes of at least 4 members (excludes halogenated alkanes) is 1. The minimum atomic E-state index is -2.53. The molecule has 0 N–H and O–H groups in total. The SMILES string of the molecule is CCCCC(C)c1cnn(C(F)F)c1. The molecule has 0 radical (unpaired) electrons. The van der Waals surface area contributed by atoms with Gasteiger partial charge >= 0.3 is 6.55 Å². The van der Waals surface area contributed by atoms with Gasteiger partial charge in [-0.05, 0) is 17.9 Å². The van der Waals surface area contributed by atoms with Gasteiger partial charge in [0.05, 0.1) is 6.20 Å². The fourth-order valence-corrected chi connectivity index (χ4v) is 1.39. The molecule has 1 aromatic rings. The van der Waals surface area contributed by atoms with Crippen LogP contribution in [-0.2, 0) is 0 Å². The summed E-state index contributed by atoms with van der Waals surface area (Å²) >= 11 is 0. The van der Waals surface area contributed by atoms with E-state index >= 15 is 0 Å². The predicted octanol–water partition coefficient (Wildman–Crippen LogP) is 3.57. The smallest absolute Gasteiger partial charge is 0.211 e. The third-order valence-corrected chi connectivity index (χ3v) is 2.38. The quantitative estimate of drug-likeness (QED) is 0.713. The Bertz CT molecular complexity index is 271. The molecular formula is C10H16F2N2. The summed E-state index contributed by atoms with van der Waals surface area (Å²) in [6.45, 7) is 1.64. The molecule has 1 rings (SSSR count). The van der Waals surface area contributed by atoms with Crippen molar-refractivity contribution in [2.45, 2.75) is 45.6 Å². The van der Waals surface area contributed by atoms with Gasteiger partial charge in [-0.25, -0.2) is 4.68 Å². The van der Waals surface area contributed by atoms with Gasteiger partial charge in [0.2, 0.25) is 0 Å². The first-order chi connectivity index (χ1) is 6.65. The number of hydrogen-bond acceptors (Lipinski definition) is 1. The summed E-state index contributed by atoms with van der Waals surface area (Å²) in [7, 11) is 0. The van der Waals surface area contributed by atoms with E-state index in [1.165, 1.54) is 12.4 Å². The summed E-state index contributed by atoms with van der Waals surface area (Å²) < 4.78 is 25.1. The van der Waals surface area contributed by atoms with Gasteiger partial charge in [0.25, 0.3) is 0 Å². The van der Waals surface area contributed by atoms with E-state index in [-0.39, 0.29) is 0 Å². The topological polar surface area (TPSA) is 17.8 Å². The van der Waals surface area contributed by atoms with E-state index in [1.54, 1.807) is 0 Å². The number of alkyl halides is 2. The molecule has 1 aromatic heterocycles. The first-order valence-electron chi connectivity index (χ1n) is 4.97. The summed E-state index contributed by atoms with van der Waals surface area (Å²) in [6, 6.07) is 0. The van der Waals surface area contributed by atoms with Crippen molar-refractivity contribution in [3.63, 3.8) is 0 Å². The number of aromatic nitrogens is 2. The van der Waals surface area contributed by atoms with Crippen LogP contribution in [0.25, 0.3) is 0 Å². The molecule has 2 nitrogen and oxygen atoms in total. The summed E-state index contributed by atoms with van der Waals surface area (Å²) in [5.41, 5.74) is 0.902. The van der Waals surface area contributed by atoms with Crippen molar-refractivity contribution < 1.29 is 8.78 Å². The monoisotopic (exact) mass is 202 g/mol. The first kappa shape index (κ1) is 11.1. The van der Waals surface area contributed by atoms with Crippen LogP contribution in [0.4, 0.5) is 8.78 Å². The summed E-state index contributed by atoms with van der Waals surface area (Å²) in [4.78, 5) is 0. The van der Waals surface area contributed by atoms with E-state index in [2.05, 4.69) is 12.0 Å². The molecule has 0 aliphatic heterocycles. The van der Waals surface area contributed by atoms with E-state index < -0.39 is 6.55 Å². The van der Waals surface area contributed by atoms with Gasteiger partial charge < -0.3 is 0 Å². The molecule has 1 atom stereocenters. The summed E-state index contributed by atoms with van der Waals surface area (Å²) in [6.07, 6.45) is 6.26. The van der Waals surface area contributed by atoms with Crippen molar-refractivity contribution in [1.82, 2.24) is 9.78 Å². The van der Waals surface area contributed by atoms with Crippen LogP contribution in [0.3, 0.4) is 0 Å². The molecule has 0 fully saturated rings. The molecule has 0 aliphatic carbocycles. The lowest BCUT2D eigenvalue weighted by atomic mass is 9.99. The van der Waals surface area contributed by atoms with Gasteiger partial charge in [0.1, 0.15) is 0 Å². The van der Waals surface area contributed by atoms with E-state index in [4.69, 9.17) is 0 Å². The molecule has 0 amide bonds. The van der Waals surface area contributed by atoms with Gasteiger partial charge in [-0.3, -0.25) is 0 Å². The molecule has 0 aromatic carbocycles. The molecule has 4 heteroatoms. The zero-order chi connectivity index (χ0) is 10.6. The number of halogens is 2. The highest BCUT2D eigenvalue weighted by atomic mass is 19.3. The van der Waals surface area contributed by atoms with Crippen LogP contribution in [0.5, 0.6) is 0 Å². The van der Waals surface area contributed by atoms with Crippen LogP contribution in [0.15, 0.2) is 12.4 Å². The van der Waals surface area contributed by atoms with Crippen LogP contribution in [0, 0.1) is 0 Å². The fourth-order valence-electron chi connectivity index (χ4n) is 1.39. The maximum atomic E-state index is 12.2. The molecular weight excluding hydrogens is 186 g/mol. The lowest BCUT2D eigenvalue weighted by molar-refractivity contribution is 0.0565. The van der Waals surface area contributed by atoms with Gasteiger partial charge in [-0.15, -0.1) is 0 Å². The van der Waals surface area contributed by atoms with Gasteiger partial charge in [-0.1, -0.05) is 26.7 Å². The first-order valence-corrected chi connectivity index (χ1v) is 4.97. The number of nitrogens with zero attached hydrogens (tertiary/aromatic N) is 2. The van der Waals surface area contributed by atoms with Crippen LogP contribution in [0.2, 0.25) is 0 Å². The molecule has 80 valence electrons.